The lowest BCUT2D eigenvalue weighted by atomic mass is 10.1. The average Bonchev–Trinajstić information content (AvgIpc) is 3.01. The lowest BCUT2D eigenvalue weighted by Gasteiger charge is -2.43. The van der Waals surface area contributed by atoms with Gasteiger partial charge in [-0.25, -0.2) is 0 Å². The summed E-state index contributed by atoms with van der Waals surface area (Å²) in [5, 5.41) is 2.05. The summed E-state index contributed by atoms with van der Waals surface area (Å²) in [5.74, 6) is -0.387. The van der Waals surface area contributed by atoms with Crippen molar-refractivity contribution in [1.82, 2.24) is 4.90 Å². The Labute approximate surface area is 258 Å². The van der Waals surface area contributed by atoms with Gasteiger partial charge in [-0.1, -0.05) is 99.6 Å². The molecule has 0 aromatic heterocycles. The average molecular weight is 622 g/mol. The van der Waals surface area contributed by atoms with Gasteiger partial charge >= 0.3 is 20.4 Å². The van der Waals surface area contributed by atoms with Crippen molar-refractivity contribution in [2.75, 3.05) is 20.8 Å². The highest BCUT2D eigenvalue weighted by Gasteiger charge is 2.52. The topological polar surface area (TPSA) is 48.0 Å². The number of halogens is 3. The summed E-state index contributed by atoms with van der Waals surface area (Å²) in [6, 6.07) is 32.7. The second kappa shape index (κ2) is 13.6. The van der Waals surface area contributed by atoms with Crippen molar-refractivity contribution < 1.29 is 31.9 Å². The second-order valence-corrected chi connectivity index (χ2v) is 15.8. The Hall–Kier alpha value is -4.24. The highest BCUT2D eigenvalue weighted by Crippen LogP contribution is 2.37. The van der Waals surface area contributed by atoms with E-state index in [0.29, 0.717) is 22.8 Å². The molecule has 232 valence electrons. The number of hydrogen-bond acceptors (Lipinski definition) is 4. The van der Waals surface area contributed by atoms with Crippen molar-refractivity contribution in [3.05, 3.63) is 114 Å². The van der Waals surface area contributed by atoms with Crippen LogP contribution in [0.2, 0.25) is 5.04 Å². The SMILES string of the molecule is COc1ccc(CN(CCc2ccc(O[Si](c3ccccc3)(c3ccccc3)C(C)(C)C)cc2)C(=O)C(F)(F)F)cc1OC. The van der Waals surface area contributed by atoms with Crippen molar-refractivity contribution >= 4 is 24.6 Å². The third-order valence-corrected chi connectivity index (χ3v) is 12.6. The molecule has 44 heavy (non-hydrogen) atoms. The van der Waals surface area contributed by atoms with Crippen LogP contribution in [0, 0.1) is 0 Å². The van der Waals surface area contributed by atoms with E-state index in [1.165, 1.54) is 14.2 Å². The van der Waals surface area contributed by atoms with Crippen LogP contribution in [0.5, 0.6) is 17.2 Å². The van der Waals surface area contributed by atoms with Crippen molar-refractivity contribution in [3.63, 3.8) is 0 Å². The Morgan fingerprint density at radius 1 is 0.727 bits per heavy atom. The molecular weight excluding hydrogens is 583 g/mol. The predicted molar refractivity (Wildman–Crippen MR) is 169 cm³/mol. The molecule has 0 saturated heterocycles. The van der Waals surface area contributed by atoms with Gasteiger partial charge in [0, 0.05) is 13.1 Å². The maximum Gasteiger partial charge on any atom is 0.471 e. The molecule has 9 heteroatoms. The van der Waals surface area contributed by atoms with Gasteiger partial charge < -0.3 is 18.8 Å². The molecule has 1 amide bonds. The summed E-state index contributed by atoms with van der Waals surface area (Å²) in [5.41, 5.74) is 1.28. The van der Waals surface area contributed by atoms with Crippen LogP contribution in [-0.4, -0.2) is 46.1 Å². The zero-order valence-electron chi connectivity index (χ0n) is 25.7. The van der Waals surface area contributed by atoms with Crippen LogP contribution >= 0.6 is 0 Å². The van der Waals surface area contributed by atoms with E-state index in [0.717, 1.165) is 20.8 Å². The molecule has 4 aromatic rings. The van der Waals surface area contributed by atoms with Crippen molar-refractivity contribution in [2.45, 2.75) is 45.0 Å². The highest BCUT2D eigenvalue weighted by molar-refractivity contribution is 7.00. The van der Waals surface area contributed by atoms with E-state index in [-0.39, 0.29) is 24.5 Å². The number of nitrogens with zero attached hydrogens (tertiary/aromatic N) is 1. The van der Waals surface area contributed by atoms with Gasteiger partial charge in [0.05, 0.1) is 14.2 Å². The standard InChI is InChI=1S/C35H38F3NO4Si/c1-34(2,3)44(29-12-8-6-9-13-29,30-14-10-7-11-15-30)43-28-19-16-26(17-20-28)22-23-39(33(40)35(36,37)38)25-27-18-21-31(41-4)32(24-27)42-5/h6-21,24H,22-23,25H2,1-5H3. The quantitative estimate of drug-likeness (QED) is 0.173. The maximum absolute atomic E-state index is 13.5. The Kier molecular flexibility index (Phi) is 10.1. The number of hydrogen-bond donors (Lipinski definition) is 0. The molecular formula is C35H38F3NO4Si. The van der Waals surface area contributed by atoms with E-state index in [9.17, 15) is 18.0 Å². The lowest BCUT2D eigenvalue weighted by molar-refractivity contribution is -0.186. The minimum absolute atomic E-state index is 0.123. The molecule has 4 rings (SSSR count). The number of alkyl halides is 3. The fraction of sp³-hybridized carbons (Fsp3) is 0.286. The molecule has 0 aliphatic carbocycles. The van der Waals surface area contributed by atoms with Crippen molar-refractivity contribution in [2.24, 2.45) is 0 Å². The van der Waals surface area contributed by atoms with Crippen molar-refractivity contribution in [1.29, 1.82) is 0 Å². The first kappa shape index (κ1) is 32.7. The van der Waals surface area contributed by atoms with Gasteiger partial charge in [-0.15, -0.1) is 0 Å². The van der Waals surface area contributed by atoms with Gasteiger partial charge in [0.1, 0.15) is 5.75 Å². The first-order valence-electron chi connectivity index (χ1n) is 14.3. The highest BCUT2D eigenvalue weighted by atomic mass is 28.4. The number of amides is 1. The van der Waals surface area contributed by atoms with E-state index in [1.807, 2.05) is 60.7 Å². The Bertz CT molecular complexity index is 1480. The van der Waals surface area contributed by atoms with Crippen LogP contribution in [0.3, 0.4) is 0 Å². The Morgan fingerprint density at radius 2 is 1.25 bits per heavy atom. The zero-order valence-corrected chi connectivity index (χ0v) is 26.7. The minimum atomic E-state index is -5.00. The van der Waals surface area contributed by atoms with Crippen LogP contribution < -0.4 is 24.3 Å². The van der Waals surface area contributed by atoms with Gasteiger partial charge in [-0.05, 0) is 57.2 Å². The van der Waals surface area contributed by atoms with Gasteiger partial charge in [0.15, 0.2) is 11.5 Å². The maximum atomic E-state index is 13.5. The largest absolute Gasteiger partial charge is 0.534 e. The lowest BCUT2D eigenvalue weighted by Crippen LogP contribution is -2.68. The summed E-state index contributed by atoms with van der Waals surface area (Å²) < 4.78 is 58.1. The van der Waals surface area contributed by atoms with E-state index in [1.54, 1.807) is 18.2 Å². The van der Waals surface area contributed by atoms with Gasteiger partial charge in [-0.2, -0.15) is 13.2 Å². The minimum Gasteiger partial charge on any atom is -0.534 e. The van der Waals surface area contributed by atoms with E-state index in [2.05, 4.69) is 45.0 Å². The Balaban J connectivity index is 1.58. The number of carbonyl (C=O) groups is 1. The molecule has 0 saturated carbocycles. The Morgan fingerprint density at radius 3 is 1.73 bits per heavy atom. The summed E-state index contributed by atoms with van der Waals surface area (Å²) in [6.07, 6.45) is -4.77. The second-order valence-electron chi connectivity index (χ2n) is 11.6. The smallest absolute Gasteiger partial charge is 0.471 e. The fourth-order valence-corrected chi connectivity index (χ4v) is 9.87. The van der Waals surface area contributed by atoms with Crippen LogP contribution in [0.25, 0.3) is 0 Å². The third-order valence-electron chi connectivity index (χ3n) is 7.63. The zero-order chi connectivity index (χ0) is 32.0. The summed E-state index contributed by atoms with van der Waals surface area (Å²) in [6.45, 7) is 6.23. The number of methoxy groups -OCH3 is 2. The van der Waals surface area contributed by atoms with E-state index in [4.69, 9.17) is 13.9 Å². The molecule has 5 nitrogen and oxygen atoms in total. The molecule has 0 aliphatic rings. The number of benzene rings is 4. The molecule has 0 spiro atoms. The third kappa shape index (κ3) is 7.27. The molecule has 0 N–H and O–H groups in total. The molecule has 4 aromatic carbocycles. The van der Waals surface area contributed by atoms with E-state index < -0.39 is 20.4 Å². The summed E-state index contributed by atoms with van der Waals surface area (Å²) >= 11 is 0. The monoisotopic (exact) mass is 621 g/mol. The van der Waals surface area contributed by atoms with Gasteiger partial charge in [0.25, 0.3) is 0 Å². The van der Waals surface area contributed by atoms with Crippen LogP contribution in [0.1, 0.15) is 31.9 Å². The molecule has 0 bridgehead atoms. The van der Waals surface area contributed by atoms with Crippen LogP contribution in [0.15, 0.2) is 103 Å². The summed E-state index contributed by atoms with van der Waals surface area (Å²) in [4.78, 5) is 13.2. The molecule has 0 aliphatic heterocycles. The summed E-state index contributed by atoms with van der Waals surface area (Å²) in [7, 11) is 0.0850. The molecule has 0 unspecified atom stereocenters. The number of ether oxygens (including phenoxy) is 2. The fourth-order valence-electron chi connectivity index (χ4n) is 5.45. The van der Waals surface area contributed by atoms with Crippen LogP contribution in [-0.2, 0) is 17.8 Å². The van der Waals surface area contributed by atoms with Crippen LogP contribution in [0.4, 0.5) is 13.2 Å². The molecule has 0 heterocycles. The van der Waals surface area contributed by atoms with Gasteiger partial charge in [0.2, 0.25) is 0 Å². The van der Waals surface area contributed by atoms with Crippen molar-refractivity contribution in [3.8, 4) is 17.2 Å². The van der Waals surface area contributed by atoms with Gasteiger partial charge in [-0.3, -0.25) is 4.79 Å². The molecule has 0 atom stereocenters. The first-order valence-corrected chi connectivity index (χ1v) is 16.3. The predicted octanol–water partition coefficient (Wildman–Crippen LogP) is 6.78. The first-order chi connectivity index (χ1) is 20.9. The number of carbonyl (C=O) groups excluding carboxylic acids is 1. The molecule has 0 fully saturated rings. The molecule has 0 radical (unpaired) electrons. The normalized spacial score (nSPS) is 12.0. The van der Waals surface area contributed by atoms with E-state index >= 15 is 0 Å². The number of rotatable bonds is 11.